The predicted molar refractivity (Wildman–Crippen MR) is 121 cm³/mol. The number of hydrogen-bond donors (Lipinski definition) is 3. The van der Waals surface area contributed by atoms with E-state index in [2.05, 4.69) is 25.7 Å². The molecule has 1 unspecified atom stereocenters. The number of β-amino-alcohol motifs (C(OH)–C–C–N with tert-alkyl or cyclic N) is 1. The van der Waals surface area contributed by atoms with Crippen LogP contribution in [0.2, 0.25) is 0 Å². The highest BCUT2D eigenvalue weighted by Crippen LogP contribution is 2.28. The Hall–Kier alpha value is -4.14. The molecule has 3 aromatic rings. The SMILES string of the molecule is CC(O)CN1CCN(c2nn(C)cc2NC(=O)c2coc(-c3ccnc(NCC(F)(F)F)c3)n2)C1=O. The van der Waals surface area contributed by atoms with Crippen LogP contribution in [0.1, 0.15) is 17.4 Å². The zero-order chi connectivity index (χ0) is 26.0. The monoisotopic (exact) mass is 508 g/mol. The van der Waals surface area contributed by atoms with Gasteiger partial charge in [-0.2, -0.15) is 18.3 Å². The summed E-state index contributed by atoms with van der Waals surface area (Å²) in [7, 11) is 1.63. The van der Waals surface area contributed by atoms with Crippen LogP contribution in [-0.2, 0) is 7.05 Å². The van der Waals surface area contributed by atoms with E-state index in [-0.39, 0.29) is 41.5 Å². The largest absolute Gasteiger partial charge is 0.444 e. The summed E-state index contributed by atoms with van der Waals surface area (Å²) in [5, 5.41) is 18.7. The van der Waals surface area contributed by atoms with Crippen molar-refractivity contribution in [1.29, 1.82) is 0 Å². The number of aryl methyl sites for hydroxylation is 1. The minimum Gasteiger partial charge on any atom is -0.444 e. The third-order valence-corrected chi connectivity index (χ3v) is 5.11. The van der Waals surface area contributed by atoms with Crippen LogP contribution in [0, 0.1) is 0 Å². The molecule has 1 saturated heterocycles. The first kappa shape index (κ1) is 25.0. The number of carbonyl (C=O) groups excluding carboxylic acids is 2. The number of aromatic nitrogens is 4. The van der Waals surface area contributed by atoms with Crippen LogP contribution in [0.5, 0.6) is 0 Å². The van der Waals surface area contributed by atoms with Gasteiger partial charge in [-0.3, -0.25) is 14.4 Å². The Morgan fingerprint density at radius 3 is 2.83 bits per heavy atom. The van der Waals surface area contributed by atoms with Crippen molar-refractivity contribution in [3.05, 3.63) is 36.5 Å². The number of nitrogens with one attached hydrogen (secondary N) is 2. The molecule has 12 nitrogen and oxygen atoms in total. The summed E-state index contributed by atoms with van der Waals surface area (Å²) in [6, 6.07) is 2.45. The Bertz CT molecular complexity index is 1260. The van der Waals surface area contributed by atoms with E-state index in [1.54, 1.807) is 14.0 Å². The fourth-order valence-corrected chi connectivity index (χ4v) is 3.58. The van der Waals surface area contributed by atoms with Gasteiger partial charge in [-0.15, -0.1) is 0 Å². The second-order valence-corrected chi connectivity index (χ2v) is 8.16. The van der Waals surface area contributed by atoms with Gasteiger partial charge >= 0.3 is 12.2 Å². The summed E-state index contributed by atoms with van der Waals surface area (Å²) >= 11 is 0. The molecule has 0 aliphatic carbocycles. The lowest BCUT2D eigenvalue weighted by Gasteiger charge is -2.19. The molecule has 0 saturated carbocycles. The molecule has 0 bridgehead atoms. The number of pyridine rings is 1. The van der Waals surface area contributed by atoms with E-state index < -0.39 is 24.7 Å². The molecule has 1 fully saturated rings. The smallest absolute Gasteiger partial charge is 0.405 e. The number of amides is 3. The molecule has 1 aliphatic heterocycles. The number of rotatable bonds is 8. The lowest BCUT2D eigenvalue weighted by molar-refractivity contribution is -0.115. The van der Waals surface area contributed by atoms with E-state index in [0.717, 1.165) is 6.26 Å². The molecule has 3 N–H and O–H groups in total. The summed E-state index contributed by atoms with van der Waals surface area (Å²) in [6.45, 7) is 1.22. The number of aliphatic hydroxyl groups is 1. The highest BCUT2D eigenvalue weighted by atomic mass is 19.4. The molecule has 192 valence electrons. The standard InChI is InChI=1S/C21H23F3N8O4/c1-12(33)8-31-5-6-32(20(31)35)17-14(9-30(2)29-17)27-18(34)15-10-36-19(28-15)13-3-4-25-16(7-13)26-11-21(22,23)24/h3-4,7,9-10,12,33H,5-6,8,11H2,1-2H3,(H,25,26)(H,27,34). The molecule has 4 rings (SSSR count). The molecular formula is C21H23F3N8O4. The van der Waals surface area contributed by atoms with Crippen molar-refractivity contribution in [2.75, 3.05) is 41.7 Å². The quantitative estimate of drug-likeness (QED) is 0.421. The molecule has 0 radical (unpaired) electrons. The zero-order valence-corrected chi connectivity index (χ0v) is 19.3. The van der Waals surface area contributed by atoms with Crippen molar-refractivity contribution < 1.29 is 32.3 Å². The van der Waals surface area contributed by atoms with Crippen LogP contribution in [0.4, 0.5) is 35.3 Å². The molecular weight excluding hydrogens is 485 g/mol. The maximum atomic E-state index is 12.8. The average Bonchev–Trinajstić information content (AvgIpc) is 3.52. The molecule has 3 aromatic heterocycles. The van der Waals surface area contributed by atoms with Gasteiger partial charge < -0.3 is 25.1 Å². The molecule has 1 aliphatic rings. The first-order valence-corrected chi connectivity index (χ1v) is 10.8. The van der Waals surface area contributed by atoms with Gasteiger partial charge in [0.25, 0.3) is 5.91 Å². The average molecular weight is 508 g/mol. The molecule has 36 heavy (non-hydrogen) atoms. The summed E-state index contributed by atoms with van der Waals surface area (Å²) in [6.07, 6.45) is -1.18. The van der Waals surface area contributed by atoms with E-state index in [9.17, 15) is 27.9 Å². The van der Waals surface area contributed by atoms with Crippen LogP contribution in [0.25, 0.3) is 11.5 Å². The Morgan fingerprint density at radius 2 is 2.11 bits per heavy atom. The zero-order valence-electron chi connectivity index (χ0n) is 19.3. The third kappa shape index (κ3) is 5.73. The lowest BCUT2D eigenvalue weighted by atomic mass is 10.2. The molecule has 0 spiro atoms. The Kier molecular flexibility index (Phi) is 6.83. The number of anilines is 3. The molecule has 1 atom stereocenters. The second kappa shape index (κ2) is 9.85. The summed E-state index contributed by atoms with van der Waals surface area (Å²) in [5.41, 5.74) is 0.489. The first-order chi connectivity index (χ1) is 17.0. The van der Waals surface area contributed by atoms with Gasteiger partial charge in [0.2, 0.25) is 5.89 Å². The van der Waals surface area contributed by atoms with Gasteiger partial charge in [-0.1, -0.05) is 0 Å². The van der Waals surface area contributed by atoms with Crippen molar-refractivity contribution in [2.45, 2.75) is 19.2 Å². The minimum absolute atomic E-state index is 0.00695. The van der Waals surface area contributed by atoms with Crippen molar-refractivity contribution in [3.63, 3.8) is 0 Å². The van der Waals surface area contributed by atoms with Crippen molar-refractivity contribution in [2.24, 2.45) is 7.05 Å². The number of urea groups is 1. The van der Waals surface area contributed by atoms with E-state index in [1.807, 2.05) is 0 Å². The third-order valence-electron chi connectivity index (χ3n) is 5.11. The number of carbonyl (C=O) groups is 2. The molecule has 15 heteroatoms. The molecule has 4 heterocycles. The fraction of sp³-hybridized carbons (Fsp3) is 0.381. The maximum Gasteiger partial charge on any atom is 0.405 e. The van der Waals surface area contributed by atoms with E-state index >= 15 is 0 Å². The maximum absolute atomic E-state index is 12.8. The van der Waals surface area contributed by atoms with Gasteiger partial charge in [0.1, 0.15) is 24.3 Å². The Morgan fingerprint density at radius 1 is 1.33 bits per heavy atom. The van der Waals surface area contributed by atoms with E-state index in [1.165, 1.54) is 39.0 Å². The normalized spacial score (nSPS) is 14.9. The van der Waals surface area contributed by atoms with Gasteiger partial charge in [0.15, 0.2) is 11.5 Å². The Balaban J connectivity index is 1.47. The van der Waals surface area contributed by atoms with E-state index in [0.29, 0.717) is 18.7 Å². The highest BCUT2D eigenvalue weighted by Gasteiger charge is 2.34. The van der Waals surface area contributed by atoms with Gasteiger partial charge in [0, 0.05) is 38.4 Å². The topological polar surface area (TPSA) is 142 Å². The lowest BCUT2D eigenvalue weighted by Crippen LogP contribution is -2.36. The van der Waals surface area contributed by atoms with Crippen LogP contribution in [-0.4, -0.2) is 80.2 Å². The van der Waals surface area contributed by atoms with Crippen LogP contribution in [0.3, 0.4) is 0 Å². The summed E-state index contributed by atoms with van der Waals surface area (Å²) in [5.74, 6) is -0.431. The Labute approximate surface area is 202 Å². The number of alkyl halides is 3. The van der Waals surface area contributed by atoms with Crippen molar-refractivity contribution in [1.82, 2.24) is 24.6 Å². The predicted octanol–water partition coefficient (Wildman–Crippen LogP) is 2.32. The number of hydrogen-bond acceptors (Lipinski definition) is 8. The van der Waals surface area contributed by atoms with Gasteiger partial charge in [0.05, 0.1) is 12.3 Å². The van der Waals surface area contributed by atoms with Crippen LogP contribution in [0.15, 0.2) is 35.2 Å². The summed E-state index contributed by atoms with van der Waals surface area (Å²) < 4.78 is 44.1. The number of halogens is 3. The van der Waals surface area contributed by atoms with Crippen LogP contribution >= 0.6 is 0 Å². The number of nitrogens with zero attached hydrogens (tertiary/aromatic N) is 6. The van der Waals surface area contributed by atoms with Gasteiger partial charge in [-0.25, -0.2) is 14.8 Å². The van der Waals surface area contributed by atoms with Crippen molar-refractivity contribution >= 4 is 29.3 Å². The first-order valence-electron chi connectivity index (χ1n) is 10.8. The second-order valence-electron chi connectivity index (χ2n) is 8.16. The van der Waals surface area contributed by atoms with E-state index in [4.69, 9.17) is 4.42 Å². The highest BCUT2D eigenvalue weighted by molar-refractivity contribution is 6.06. The molecule has 3 amide bonds. The molecule has 0 aromatic carbocycles. The minimum atomic E-state index is -4.41. The number of aliphatic hydroxyl groups excluding tert-OH is 1. The van der Waals surface area contributed by atoms with Crippen molar-refractivity contribution in [3.8, 4) is 11.5 Å². The number of oxazole rings is 1. The van der Waals surface area contributed by atoms with Gasteiger partial charge in [-0.05, 0) is 19.1 Å². The summed E-state index contributed by atoms with van der Waals surface area (Å²) in [4.78, 5) is 36.4. The van der Waals surface area contributed by atoms with Crippen LogP contribution < -0.4 is 15.5 Å². The fourth-order valence-electron chi connectivity index (χ4n) is 3.58.